The molecule has 0 heterocycles. The number of unbranched alkanes of at least 4 members (excludes halogenated alkanes) is 4. The maximum absolute atomic E-state index is 5.44. The molecular formula is C12H30O2. The summed E-state index contributed by atoms with van der Waals surface area (Å²) in [4.78, 5) is 0. The van der Waals surface area contributed by atoms with Crippen LogP contribution in [0.3, 0.4) is 0 Å². The van der Waals surface area contributed by atoms with Gasteiger partial charge in [0.2, 0.25) is 0 Å². The fourth-order valence-electron chi connectivity index (χ4n) is 1.01. The van der Waals surface area contributed by atoms with Crippen LogP contribution in [0.15, 0.2) is 0 Å². The van der Waals surface area contributed by atoms with E-state index in [2.05, 4.69) is 13.8 Å². The van der Waals surface area contributed by atoms with Gasteiger partial charge in [0.1, 0.15) is 0 Å². The minimum absolute atomic E-state index is 0. The lowest BCUT2D eigenvalue weighted by Gasteiger charge is -2.01. The van der Waals surface area contributed by atoms with Gasteiger partial charge in [-0.05, 0) is 12.8 Å². The predicted molar refractivity (Wildman–Crippen MR) is 64.8 cm³/mol. The fourth-order valence-corrected chi connectivity index (χ4v) is 1.01. The molecule has 0 fully saturated rings. The molecule has 0 aromatic carbocycles. The maximum Gasteiger partial charge on any atom is 0.0466 e. The summed E-state index contributed by atoms with van der Waals surface area (Å²) in [7, 11) is 0. The topological polar surface area (TPSA) is 40.7 Å². The molecule has 0 atom stereocenters. The monoisotopic (exact) mass is 206 g/mol. The van der Waals surface area contributed by atoms with Gasteiger partial charge in [-0.3, -0.25) is 0 Å². The summed E-state index contributed by atoms with van der Waals surface area (Å²) >= 11 is 0. The number of hydrogen-bond acceptors (Lipinski definition) is 1. The summed E-state index contributed by atoms with van der Waals surface area (Å²) in [5, 5.41) is 0. The third-order valence-electron chi connectivity index (χ3n) is 1.78. The van der Waals surface area contributed by atoms with Crippen molar-refractivity contribution >= 4 is 0 Å². The molecule has 0 aromatic heterocycles. The van der Waals surface area contributed by atoms with Crippen LogP contribution in [0.4, 0.5) is 0 Å². The lowest BCUT2D eigenvalue weighted by molar-refractivity contribution is 0.126. The maximum atomic E-state index is 5.44. The Morgan fingerprint density at radius 1 is 0.714 bits per heavy atom. The number of rotatable bonds is 8. The van der Waals surface area contributed by atoms with Gasteiger partial charge < -0.3 is 10.2 Å². The third-order valence-corrected chi connectivity index (χ3v) is 1.78. The molecule has 0 saturated carbocycles. The highest BCUT2D eigenvalue weighted by atomic mass is 16.5. The average molecular weight is 206 g/mol. The van der Waals surface area contributed by atoms with E-state index in [9.17, 15) is 0 Å². The van der Waals surface area contributed by atoms with Gasteiger partial charge in [0.25, 0.3) is 0 Å². The normalized spacial score (nSPS) is 8.57. The first-order valence-electron chi connectivity index (χ1n) is 5.99. The van der Waals surface area contributed by atoms with E-state index < -0.39 is 0 Å². The Bertz CT molecular complexity index is 57.3. The Balaban J connectivity index is -0.000000376. The van der Waals surface area contributed by atoms with Crippen molar-refractivity contribution in [3.63, 3.8) is 0 Å². The van der Waals surface area contributed by atoms with E-state index >= 15 is 0 Å². The summed E-state index contributed by atoms with van der Waals surface area (Å²) in [5.74, 6) is 0. The molecule has 14 heavy (non-hydrogen) atoms. The van der Waals surface area contributed by atoms with Crippen LogP contribution < -0.4 is 0 Å². The van der Waals surface area contributed by atoms with E-state index in [1.807, 2.05) is 13.8 Å². The standard InChI is InChI=1S/C10H22O.C2H6.H2O/c1-3-5-7-9-11-10-8-6-4-2;1-2;/h3-10H2,1-2H3;1-2H3;1H2. The van der Waals surface area contributed by atoms with Crippen LogP contribution in [0.5, 0.6) is 0 Å². The second-order valence-electron chi connectivity index (χ2n) is 3.03. The molecule has 90 valence electrons. The van der Waals surface area contributed by atoms with Gasteiger partial charge in [-0.1, -0.05) is 53.4 Å². The number of hydrogen-bond donors (Lipinski definition) is 0. The van der Waals surface area contributed by atoms with Crippen LogP contribution in [-0.4, -0.2) is 18.7 Å². The molecule has 0 aliphatic rings. The minimum atomic E-state index is 0. The van der Waals surface area contributed by atoms with Crippen molar-refractivity contribution in [3.8, 4) is 0 Å². The van der Waals surface area contributed by atoms with Gasteiger partial charge >= 0.3 is 0 Å². The molecule has 0 spiro atoms. The summed E-state index contributed by atoms with van der Waals surface area (Å²) in [5.41, 5.74) is 0. The van der Waals surface area contributed by atoms with Crippen LogP contribution in [-0.2, 0) is 4.74 Å². The first kappa shape index (κ1) is 19.5. The Hall–Kier alpha value is -0.0800. The Labute approximate surface area is 90.4 Å². The highest BCUT2D eigenvalue weighted by molar-refractivity contribution is 4.38. The number of ether oxygens (including phenoxy) is 1. The molecule has 0 bridgehead atoms. The van der Waals surface area contributed by atoms with Crippen molar-refractivity contribution in [2.45, 2.75) is 66.2 Å². The molecule has 2 nitrogen and oxygen atoms in total. The molecular weight excluding hydrogens is 176 g/mol. The SMILES string of the molecule is CC.CCCCCOCCCCC.O. The summed E-state index contributed by atoms with van der Waals surface area (Å²) in [6, 6.07) is 0. The van der Waals surface area contributed by atoms with E-state index in [-0.39, 0.29) is 5.48 Å². The van der Waals surface area contributed by atoms with Gasteiger partial charge in [0.15, 0.2) is 0 Å². The van der Waals surface area contributed by atoms with Crippen molar-refractivity contribution in [1.82, 2.24) is 0 Å². The van der Waals surface area contributed by atoms with Crippen LogP contribution in [0.2, 0.25) is 0 Å². The Kier molecular flexibility index (Phi) is 32.1. The molecule has 2 heteroatoms. The van der Waals surface area contributed by atoms with Gasteiger partial charge in [-0.15, -0.1) is 0 Å². The van der Waals surface area contributed by atoms with Gasteiger partial charge in [-0.25, -0.2) is 0 Å². The first-order chi connectivity index (χ1) is 6.41. The van der Waals surface area contributed by atoms with Crippen molar-refractivity contribution in [2.75, 3.05) is 13.2 Å². The molecule has 2 N–H and O–H groups in total. The van der Waals surface area contributed by atoms with E-state index in [1.54, 1.807) is 0 Å². The Morgan fingerprint density at radius 3 is 1.36 bits per heavy atom. The molecule has 0 saturated heterocycles. The zero-order valence-corrected chi connectivity index (χ0v) is 10.6. The van der Waals surface area contributed by atoms with E-state index in [0.29, 0.717) is 0 Å². The second kappa shape index (κ2) is 23.1. The molecule has 0 aliphatic carbocycles. The van der Waals surface area contributed by atoms with Crippen molar-refractivity contribution in [3.05, 3.63) is 0 Å². The van der Waals surface area contributed by atoms with Gasteiger partial charge in [0.05, 0.1) is 0 Å². The minimum Gasteiger partial charge on any atom is -0.412 e. The molecule has 0 aromatic rings. The van der Waals surface area contributed by atoms with Crippen molar-refractivity contribution in [2.24, 2.45) is 0 Å². The summed E-state index contributed by atoms with van der Waals surface area (Å²) in [6.45, 7) is 10.4. The van der Waals surface area contributed by atoms with Gasteiger partial charge in [-0.2, -0.15) is 0 Å². The largest absolute Gasteiger partial charge is 0.412 e. The van der Waals surface area contributed by atoms with Crippen molar-refractivity contribution in [1.29, 1.82) is 0 Å². The summed E-state index contributed by atoms with van der Waals surface area (Å²) in [6.07, 6.45) is 7.68. The fraction of sp³-hybridized carbons (Fsp3) is 1.00. The predicted octanol–water partition coefficient (Wildman–Crippen LogP) is 3.58. The van der Waals surface area contributed by atoms with Crippen LogP contribution in [0, 0.1) is 0 Å². The van der Waals surface area contributed by atoms with E-state index in [0.717, 1.165) is 13.2 Å². The van der Waals surface area contributed by atoms with E-state index in [4.69, 9.17) is 4.74 Å². The van der Waals surface area contributed by atoms with Gasteiger partial charge in [0, 0.05) is 13.2 Å². The van der Waals surface area contributed by atoms with E-state index in [1.165, 1.54) is 38.5 Å². The zero-order chi connectivity index (χ0) is 10.4. The average Bonchev–Trinajstić information content (AvgIpc) is 2.20. The highest BCUT2D eigenvalue weighted by Gasteiger charge is 1.88. The molecule has 0 radical (unpaired) electrons. The smallest absolute Gasteiger partial charge is 0.0466 e. The molecule has 0 aliphatic heterocycles. The second-order valence-corrected chi connectivity index (χ2v) is 3.03. The lowest BCUT2D eigenvalue weighted by Crippen LogP contribution is -1.96. The molecule has 0 amide bonds. The third kappa shape index (κ3) is 22.7. The zero-order valence-electron chi connectivity index (χ0n) is 10.6. The molecule has 0 unspecified atom stereocenters. The lowest BCUT2D eigenvalue weighted by atomic mass is 10.2. The quantitative estimate of drug-likeness (QED) is 0.559. The first-order valence-corrected chi connectivity index (χ1v) is 5.99. The highest BCUT2D eigenvalue weighted by Crippen LogP contribution is 1.97. The summed E-state index contributed by atoms with van der Waals surface area (Å²) < 4.78 is 5.44. The van der Waals surface area contributed by atoms with Crippen LogP contribution in [0.1, 0.15) is 66.2 Å². The van der Waals surface area contributed by atoms with Crippen molar-refractivity contribution < 1.29 is 10.2 Å². The molecule has 0 rings (SSSR count). The Morgan fingerprint density at radius 2 is 1.07 bits per heavy atom. The van der Waals surface area contributed by atoms with Crippen LogP contribution in [0.25, 0.3) is 0 Å². The van der Waals surface area contributed by atoms with Crippen LogP contribution >= 0.6 is 0 Å².